The number of hydrogen-bond donors (Lipinski definition) is 3. The largest absolute Gasteiger partial charge is 0.287 e. The van der Waals surface area contributed by atoms with E-state index in [2.05, 4.69) is 21.0 Å². The summed E-state index contributed by atoms with van der Waals surface area (Å²) in [4.78, 5) is 34.1. The molecular formula is C17H12FN5O4. The van der Waals surface area contributed by atoms with Gasteiger partial charge in [-0.2, -0.15) is 5.10 Å². The van der Waals surface area contributed by atoms with Crippen LogP contribution >= 0.6 is 0 Å². The molecule has 0 atom stereocenters. The maximum Gasteiger partial charge on any atom is 0.287 e. The monoisotopic (exact) mass is 369 g/mol. The lowest BCUT2D eigenvalue weighted by Gasteiger charge is -2.05. The summed E-state index contributed by atoms with van der Waals surface area (Å²) in [5.74, 6) is -1.68. The number of carbonyl (C=O) groups is 2. The number of hydrazine groups is 1. The number of rotatable bonds is 4. The number of aromatic nitrogens is 2. The van der Waals surface area contributed by atoms with Gasteiger partial charge in [-0.25, -0.2) is 4.39 Å². The van der Waals surface area contributed by atoms with Crippen molar-refractivity contribution in [2.75, 3.05) is 0 Å². The number of non-ortho nitro benzene ring substituents is 1. The van der Waals surface area contributed by atoms with E-state index in [4.69, 9.17) is 0 Å². The third-order valence-corrected chi connectivity index (χ3v) is 3.59. The van der Waals surface area contributed by atoms with Crippen molar-refractivity contribution < 1.29 is 18.9 Å². The highest BCUT2D eigenvalue weighted by molar-refractivity contribution is 5.98. The summed E-state index contributed by atoms with van der Waals surface area (Å²) in [5.41, 5.74) is 5.51. The fourth-order valence-corrected chi connectivity index (χ4v) is 2.19. The van der Waals surface area contributed by atoms with Crippen molar-refractivity contribution in [3.8, 4) is 11.3 Å². The van der Waals surface area contributed by atoms with Crippen molar-refractivity contribution in [1.29, 1.82) is 0 Å². The molecule has 2 aromatic carbocycles. The minimum Gasteiger partial charge on any atom is -0.272 e. The quantitative estimate of drug-likeness (QED) is 0.479. The molecule has 0 unspecified atom stereocenters. The van der Waals surface area contributed by atoms with E-state index in [1.54, 1.807) is 0 Å². The molecule has 0 fully saturated rings. The molecule has 1 heterocycles. The molecule has 3 aromatic rings. The van der Waals surface area contributed by atoms with Gasteiger partial charge in [-0.1, -0.05) is 0 Å². The van der Waals surface area contributed by atoms with Gasteiger partial charge in [0.25, 0.3) is 17.5 Å². The van der Waals surface area contributed by atoms with Gasteiger partial charge in [0.05, 0.1) is 10.6 Å². The molecule has 0 spiro atoms. The van der Waals surface area contributed by atoms with Crippen LogP contribution in [0.25, 0.3) is 11.3 Å². The molecule has 1 aromatic heterocycles. The summed E-state index contributed by atoms with van der Waals surface area (Å²) in [6.07, 6.45) is 0. The number of nitrogens with one attached hydrogen (secondary N) is 3. The number of nitrogens with zero attached hydrogens (tertiary/aromatic N) is 2. The summed E-state index contributed by atoms with van der Waals surface area (Å²) in [6, 6.07) is 11.9. The first kappa shape index (κ1) is 17.7. The molecule has 3 N–H and O–H groups in total. The molecule has 0 saturated heterocycles. The fourth-order valence-electron chi connectivity index (χ4n) is 2.19. The van der Waals surface area contributed by atoms with E-state index in [-0.39, 0.29) is 22.8 Å². The van der Waals surface area contributed by atoms with Gasteiger partial charge in [-0.3, -0.25) is 35.7 Å². The van der Waals surface area contributed by atoms with Crippen molar-refractivity contribution in [2.24, 2.45) is 0 Å². The molecule has 0 aliphatic heterocycles. The number of halogens is 1. The van der Waals surface area contributed by atoms with Crippen LogP contribution in [-0.2, 0) is 0 Å². The van der Waals surface area contributed by atoms with Crippen LogP contribution in [0.4, 0.5) is 10.1 Å². The number of amides is 2. The minimum absolute atomic E-state index is 0.0818. The summed E-state index contributed by atoms with van der Waals surface area (Å²) in [5, 5.41) is 17.1. The minimum atomic E-state index is -0.647. The highest BCUT2D eigenvalue weighted by Gasteiger charge is 2.14. The Balaban J connectivity index is 1.61. The molecule has 0 saturated carbocycles. The van der Waals surface area contributed by atoms with Gasteiger partial charge in [0, 0.05) is 23.3 Å². The van der Waals surface area contributed by atoms with Crippen LogP contribution in [0.3, 0.4) is 0 Å². The van der Waals surface area contributed by atoms with Crippen LogP contribution in [0.5, 0.6) is 0 Å². The predicted octanol–water partition coefficient (Wildman–Crippen LogP) is 2.20. The van der Waals surface area contributed by atoms with E-state index in [0.29, 0.717) is 11.3 Å². The van der Waals surface area contributed by atoms with Crippen LogP contribution < -0.4 is 10.9 Å². The molecule has 10 heteroatoms. The molecule has 0 bridgehead atoms. The maximum absolute atomic E-state index is 12.9. The summed E-state index contributed by atoms with van der Waals surface area (Å²) in [7, 11) is 0. The standard InChI is InChI=1S/C17H12FN5O4/c18-12-5-1-10(2-6-12)14-9-15(20-19-14)17(25)22-21-16(24)11-3-7-13(8-4-11)23(26)27/h1-9H,(H,19,20)(H,21,24)(H,22,25). The Labute approximate surface area is 151 Å². The fraction of sp³-hybridized carbons (Fsp3) is 0. The first-order valence-electron chi connectivity index (χ1n) is 7.60. The van der Waals surface area contributed by atoms with Gasteiger partial charge in [-0.15, -0.1) is 0 Å². The van der Waals surface area contributed by atoms with Gasteiger partial charge in [0.1, 0.15) is 11.5 Å². The molecular weight excluding hydrogens is 357 g/mol. The lowest BCUT2D eigenvalue weighted by atomic mass is 10.1. The number of carbonyl (C=O) groups excluding carboxylic acids is 2. The van der Waals surface area contributed by atoms with Gasteiger partial charge >= 0.3 is 0 Å². The normalized spacial score (nSPS) is 10.3. The van der Waals surface area contributed by atoms with Gasteiger partial charge in [0.2, 0.25) is 0 Å². The van der Waals surface area contributed by atoms with Crippen LogP contribution in [0.2, 0.25) is 0 Å². The molecule has 2 amide bonds. The average molecular weight is 369 g/mol. The number of nitro benzene ring substituents is 1. The van der Waals surface area contributed by atoms with Gasteiger partial charge in [0.15, 0.2) is 0 Å². The lowest BCUT2D eigenvalue weighted by Crippen LogP contribution is -2.41. The zero-order chi connectivity index (χ0) is 19.4. The van der Waals surface area contributed by atoms with Crippen molar-refractivity contribution >= 4 is 17.5 Å². The van der Waals surface area contributed by atoms with E-state index in [9.17, 15) is 24.1 Å². The van der Waals surface area contributed by atoms with Crippen LogP contribution in [0.1, 0.15) is 20.8 Å². The first-order valence-corrected chi connectivity index (χ1v) is 7.60. The number of benzene rings is 2. The van der Waals surface area contributed by atoms with E-state index in [0.717, 1.165) is 0 Å². The predicted molar refractivity (Wildman–Crippen MR) is 92.0 cm³/mol. The Morgan fingerprint density at radius 2 is 1.63 bits per heavy atom. The van der Waals surface area contributed by atoms with E-state index < -0.39 is 16.7 Å². The van der Waals surface area contributed by atoms with Crippen molar-refractivity contribution in [1.82, 2.24) is 21.0 Å². The molecule has 0 aliphatic carbocycles. The molecule has 9 nitrogen and oxygen atoms in total. The number of H-pyrrole nitrogens is 1. The zero-order valence-corrected chi connectivity index (χ0v) is 13.6. The van der Waals surface area contributed by atoms with Crippen molar-refractivity contribution in [3.63, 3.8) is 0 Å². The maximum atomic E-state index is 12.9. The van der Waals surface area contributed by atoms with E-state index >= 15 is 0 Å². The highest BCUT2D eigenvalue weighted by atomic mass is 19.1. The van der Waals surface area contributed by atoms with E-state index in [1.807, 2.05) is 0 Å². The molecule has 3 rings (SSSR count). The van der Waals surface area contributed by atoms with E-state index in [1.165, 1.54) is 54.6 Å². The Kier molecular flexibility index (Phi) is 4.88. The molecule has 0 aliphatic rings. The zero-order valence-electron chi connectivity index (χ0n) is 13.6. The van der Waals surface area contributed by atoms with Crippen molar-refractivity contribution in [2.45, 2.75) is 0 Å². The van der Waals surface area contributed by atoms with Crippen LogP contribution in [0.15, 0.2) is 54.6 Å². The number of nitro groups is 1. The molecule has 136 valence electrons. The second-order valence-electron chi connectivity index (χ2n) is 5.39. The van der Waals surface area contributed by atoms with Gasteiger partial charge < -0.3 is 0 Å². The van der Waals surface area contributed by atoms with Gasteiger partial charge in [-0.05, 0) is 42.5 Å². The Morgan fingerprint density at radius 3 is 2.26 bits per heavy atom. The summed E-state index contributed by atoms with van der Waals surface area (Å²) < 4.78 is 12.9. The smallest absolute Gasteiger partial charge is 0.272 e. The SMILES string of the molecule is O=C(NNC(=O)c1cc(-c2ccc(F)cc2)n[nH]1)c1ccc([N+](=O)[O-])cc1. The summed E-state index contributed by atoms with van der Waals surface area (Å²) >= 11 is 0. The third-order valence-electron chi connectivity index (χ3n) is 3.59. The molecule has 27 heavy (non-hydrogen) atoms. The third kappa shape index (κ3) is 4.12. The Hall–Kier alpha value is -4.08. The average Bonchev–Trinajstić information content (AvgIpc) is 3.16. The lowest BCUT2D eigenvalue weighted by molar-refractivity contribution is -0.384. The van der Waals surface area contributed by atoms with Crippen LogP contribution in [0, 0.1) is 15.9 Å². The van der Waals surface area contributed by atoms with Crippen LogP contribution in [-0.4, -0.2) is 26.9 Å². The Morgan fingerprint density at radius 1 is 1.00 bits per heavy atom. The second-order valence-corrected chi connectivity index (χ2v) is 5.39. The highest BCUT2D eigenvalue weighted by Crippen LogP contribution is 2.18. The first-order chi connectivity index (χ1) is 12.9. The second kappa shape index (κ2) is 7.44. The molecule has 0 radical (unpaired) electrons. The topological polar surface area (TPSA) is 130 Å². The number of aromatic amines is 1. The Bertz CT molecular complexity index is 999. The summed E-state index contributed by atoms with van der Waals surface area (Å²) in [6.45, 7) is 0. The van der Waals surface area contributed by atoms with Crippen molar-refractivity contribution in [3.05, 3.63) is 81.8 Å². The number of hydrogen-bond acceptors (Lipinski definition) is 5.